The standard InChI is InChI=1S/C69H122O6/c1-4-7-10-13-16-19-22-25-28-30-32-34-36-38-41-44-47-50-53-56-59-62-68(71)74-65-66(64-73-67(70)61-58-55-52-49-46-43-40-27-24-21-18-15-12-9-6-3)75-69(72)63-60-57-54-51-48-45-42-39-37-35-33-31-29-26-23-20-17-14-11-8-5-2/h9,12,18,21,25-29,40,46,49,66H,4-8,10-11,13-17,19-20,22-24,30-39,41-45,47-48,50-65H2,1-3H3/b12-9-,21-18-,28-25-,29-26-,40-27-,49-46-/t66-/m1/s1. The molecule has 0 aromatic rings. The van der Waals surface area contributed by atoms with Gasteiger partial charge in [-0.1, -0.05) is 273 Å². The van der Waals surface area contributed by atoms with E-state index in [1.807, 2.05) is 0 Å². The van der Waals surface area contributed by atoms with Crippen molar-refractivity contribution >= 4 is 17.9 Å². The summed E-state index contributed by atoms with van der Waals surface area (Å²) in [5.74, 6) is -0.917. The highest BCUT2D eigenvalue weighted by Gasteiger charge is 2.19. The molecule has 434 valence electrons. The summed E-state index contributed by atoms with van der Waals surface area (Å²) in [4.78, 5) is 38.3. The maximum atomic E-state index is 12.9. The fourth-order valence-corrected chi connectivity index (χ4v) is 9.31. The number of carbonyl (C=O) groups excluding carboxylic acids is 3. The van der Waals surface area contributed by atoms with Gasteiger partial charge in [0.15, 0.2) is 6.10 Å². The minimum Gasteiger partial charge on any atom is -0.462 e. The molecule has 0 heterocycles. The number of rotatable bonds is 59. The highest BCUT2D eigenvalue weighted by molar-refractivity contribution is 5.71. The fraction of sp³-hybridized carbons (Fsp3) is 0.783. The van der Waals surface area contributed by atoms with Crippen LogP contribution in [0.2, 0.25) is 0 Å². The minimum absolute atomic E-state index is 0.0873. The van der Waals surface area contributed by atoms with E-state index in [-0.39, 0.29) is 31.1 Å². The van der Waals surface area contributed by atoms with Crippen molar-refractivity contribution < 1.29 is 28.6 Å². The zero-order valence-electron chi connectivity index (χ0n) is 49.8. The molecule has 0 radical (unpaired) electrons. The second kappa shape index (κ2) is 63.4. The third-order valence-corrected chi connectivity index (χ3v) is 14.2. The van der Waals surface area contributed by atoms with E-state index >= 15 is 0 Å². The van der Waals surface area contributed by atoms with Gasteiger partial charge in [0.1, 0.15) is 13.2 Å². The Bertz CT molecular complexity index is 1390. The lowest BCUT2D eigenvalue weighted by Gasteiger charge is -2.18. The topological polar surface area (TPSA) is 78.9 Å². The van der Waals surface area contributed by atoms with E-state index in [1.165, 1.54) is 205 Å². The Labute approximate surface area is 465 Å². The van der Waals surface area contributed by atoms with Crippen molar-refractivity contribution in [1.82, 2.24) is 0 Å². The van der Waals surface area contributed by atoms with Crippen LogP contribution in [0.25, 0.3) is 0 Å². The number of allylic oxidation sites excluding steroid dienone is 12. The van der Waals surface area contributed by atoms with Gasteiger partial charge in [-0.05, 0) is 109 Å². The normalized spacial score (nSPS) is 12.5. The summed E-state index contributed by atoms with van der Waals surface area (Å²) in [6.07, 6.45) is 82.0. The molecule has 0 unspecified atom stereocenters. The average Bonchev–Trinajstić information content (AvgIpc) is 3.41. The SMILES string of the molecule is CC/C=C\C/C=C\C/C=C\C/C=C\CCCCC(=O)OC[C@H](COC(=O)CCCCCCCCCCCCC/C=C\CCCCCCCC)OC(=O)CCCCCCCCCCCCC/C=C\CCCCCCCC. The first-order valence-corrected chi connectivity index (χ1v) is 32.4. The molecule has 0 fully saturated rings. The van der Waals surface area contributed by atoms with Crippen LogP contribution in [0, 0.1) is 0 Å². The highest BCUT2D eigenvalue weighted by Crippen LogP contribution is 2.17. The fourth-order valence-electron chi connectivity index (χ4n) is 9.31. The molecule has 0 aliphatic rings. The van der Waals surface area contributed by atoms with Crippen molar-refractivity contribution in [2.24, 2.45) is 0 Å². The molecule has 75 heavy (non-hydrogen) atoms. The molecule has 0 amide bonds. The first-order valence-electron chi connectivity index (χ1n) is 32.4. The van der Waals surface area contributed by atoms with E-state index in [1.54, 1.807) is 0 Å². The highest BCUT2D eigenvalue weighted by atomic mass is 16.6. The van der Waals surface area contributed by atoms with Crippen molar-refractivity contribution in [1.29, 1.82) is 0 Å². The molecule has 6 heteroatoms. The number of hydrogen-bond acceptors (Lipinski definition) is 6. The monoisotopic (exact) mass is 1050 g/mol. The smallest absolute Gasteiger partial charge is 0.306 e. The Morgan fingerprint density at radius 1 is 0.280 bits per heavy atom. The van der Waals surface area contributed by atoms with Crippen LogP contribution in [-0.4, -0.2) is 37.2 Å². The van der Waals surface area contributed by atoms with Gasteiger partial charge in [-0.2, -0.15) is 0 Å². The van der Waals surface area contributed by atoms with Crippen LogP contribution < -0.4 is 0 Å². The summed E-state index contributed by atoms with van der Waals surface area (Å²) < 4.78 is 16.9. The lowest BCUT2D eigenvalue weighted by Crippen LogP contribution is -2.30. The molecule has 0 saturated carbocycles. The van der Waals surface area contributed by atoms with Crippen molar-refractivity contribution in [2.75, 3.05) is 13.2 Å². The summed E-state index contributed by atoms with van der Waals surface area (Å²) >= 11 is 0. The van der Waals surface area contributed by atoms with E-state index in [0.717, 1.165) is 83.5 Å². The van der Waals surface area contributed by atoms with Gasteiger partial charge in [0.25, 0.3) is 0 Å². The minimum atomic E-state index is -0.794. The van der Waals surface area contributed by atoms with E-state index in [9.17, 15) is 14.4 Å². The predicted octanol–water partition coefficient (Wildman–Crippen LogP) is 22.1. The second-order valence-corrected chi connectivity index (χ2v) is 21.6. The molecule has 0 aromatic heterocycles. The maximum absolute atomic E-state index is 12.9. The Kier molecular flexibility index (Phi) is 60.7. The third-order valence-electron chi connectivity index (χ3n) is 14.2. The maximum Gasteiger partial charge on any atom is 0.306 e. The van der Waals surface area contributed by atoms with Gasteiger partial charge in [0, 0.05) is 19.3 Å². The zero-order valence-corrected chi connectivity index (χ0v) is 49.8. The van der Waals surface area contributed by atoms with Gasteiger partial charge in [-0.25, -0.2) is 0 Å². The molecule has 0 spiro atoms. The Hall–Kier alpha value is -3.15. The molecule has 0 aliphatic carbocycles. The molecular weight excluding hydrogens is 925 g/mol. The van der Waals surface area contributed by atoms with Crippen LogP contribution in [0.15, 0.2) is 72.9 Å². The van der Waals surface area contributed by atoms with Crippen LogP contribution in [0.3, 0.4) is 0 Å². The van der Waals surface area contributed by atoms with Gasteiger partial charge >= 0.3 is 17.9 Å². The van der Waals surface area contributed by atoms with Gasteiger partial charge < -0.3 is 14.2 Å². The Morgan fingerprint density at radius 3 is 0.853 bits per heavy atom. The molecule has 1 atom stereocenters. The molecule has 0 saturated heterocycles. The van der Waals surface area contributed by atoms with Crippen LogP contribution in [0.4, 0.5) is 0 Å². The van der Waals surface area contributed by atoms with Crippen LogP contribution in [-0.2, 0) is 28.6 Å². The van der Waals surface area contributed by atoms with E-state index in [4.69, 9.17) is 14.2 Å². The van der Waals surface area contributed by atoms with Gasteiger partial charge in [0.2, 0.25) is 0 Å². The van der Waals surface area contributed by atoms with Gasteiger partial charge in [-0.3, -0.25) is 14.4 Å². The summed E-state index contributed by atoms with van der Waals surface area (Å²) in [7, 11) is 0. The number of carbonyl (C=O) groups is 3. The van der Waals surface area contributed by atoms with E-state index in [0.29, 0.717) is 19.3 Å². The van der Waals surface area contributed by atoms with Crippen molar-refractivity contribution in [3.8, 4) is 0 Å². The third kappa shape index (κ3) is 61.6. The summed E-state index contributed by atoms with van der Waals surface area (Å²) in [6, 6.07) is 0. The van der Waals surface area contributed by atoms with Gasteiger partial charge in [0.05, 0.1) is 0 Å². The predicted molar refractivity (Wildman–Crippen MR) is 325 cm³/mol. The van der Waals surface area contributed by atoms with Crippen LogP contribution in [0.5, 0.6) is 0 Å². The molecule has 0 aliphatic heterocycles. The number of ether oxygens (including phenoxy) is 3. The first-order chi connectivity index (χ1) is 37.0. The number of hydrogen-bond donors (Lipinski definition) is 0. The summed E-state index contributed by atoms with van der Waals surface area (Å²) in [5, 5.41) is 0. The first kappa shape index (κ1) is 71.8. The molecular formula is C69H122O6. The Balaban J connectivity index is 4.37. The van der Waals surface area contributed by atoms with E-state index in [2.05, 4.69) is 93.7 Å². The van der Waals surface area contributed by atoms with Crippen molar-refractivity contribution in [3.05, 3.63) is 72.9 Å². The summed E-state index contributed by atoms with van der Waals surface area (Å²) in [6.45, 7) is 6.52. The second-order valence-electron chi connectivity index (χ2n) is 21.6. The lowest BCUT2D eigenvalue weighted by molar-refractivity contribution is -0.167. The summed E-state index contributed by atoms with van der Waals surface area (Å²) in [5.41, 5.74) is 0. The molecule has 0 N–H and O–H groups in total. The Morgan fingerprint density at radius 2 is 0.520 bits per heavy atom. The molecule has 0 rings (SSSR count). The van der Waals surface area contributed by atoms with Gasteiger partial charge in [-0.15, -0.1) is 0 Å². The molecule has 0 bridgehead atoms. The largest absolute Gasteiger partial charge is 0.462 e. The van der Waals surface area contributed by atoms with Crippen molar-refractivity contribution in [3.63, 3.8) is 0 Å². The lowest BCUT2D eigenvalue weighted by atomic mass is 10.0. The molecule has 0 aromatic carbocycles. The van der Waals surface area contributed by atoms with E-state index < -0.39 is 6.10 Å². The quantitative estimate of drug-likeness (QED) is 0.0261. The molecule has 6 nitrogen and oxygen atoms in total. The van der Waals surface area contributed by atoms with Crippen LogP contribution >= 0.6 is 0 Å². The van der Waals surface area contributed by atoms with Crippen molar-refractivity contribution in [2.45, 2.75) is 335 Å². The number of unbranched alkanes of at least 4 members (excludes halogenated alkanes) is 36. The number of esters is 3. The average molecular weight is 1050 g/mol. The van der Waals surface area contributed by atoms with Crippen LogP contribution in [0.1, 0.15) is 329 Å². The zero-order chi connectivity index (χ0) is 54.3.